The molecule has 0 aromatic carbocycles. The van der Waals surface area contributed by atoms with Gasteiger partial charge in [0, 0.05) is 25.3 Å². The molecule has 3 rings (SSSR count). The van der Waals surface area contributed by atoms with Crippen molar-refractivity contribution in [2.75, 3.05) is 32.8 Å². The van der Waals surface area contributed by atoms with E-state index in [4.69, 9.17) is 9.47 Å². The van der Waals surface area contributed by atoms with E-state index >= 15 is 0 Å². The van der Waals surface area contributed by atoms with Gasteiger partial charge in [-0.25, -0.2) is 4.98 Å². The van der Waals surface area contributed by atoms with Gasteiger partial charge in [0.15, 0.2) is 0 Å². The summed E-state index contributed by atoms with van der Waals surface area (Å²) in [6.45, 7) is 5.70. The van der Waals surface area contributed by atoms with Crippen molar-refractivity contribution < 1.29 is 14.3 Å². The zero-order valence-corrected chi connectivity index (χ0v) is 13.0. The predicted molar refractivity (Wildman–Crippen MR) is 82.1 cm³/mol. The number of amides is 1. The largest absolute Gasteiger partial charge is 0.477 e. The second-order valence-electron chi connectivity index (χ2n) is 5.75. The van der Waals surface area contributed by atoms with Crippen LogP contribution in [0.15, 0.2) is 18.3 Å². The molecule has 2 unspecified atom stereocenters. The number of hydrogen-bond donors (Lipinski definition) is 1. The number of pyridine rings is 1. The highest BCUT2D eigenvalue weighted by Gasteiger charge is 2.32. The SMILES string of the molecule is CCOc1ncccc1C(=O)NCC1CN2CCCC2CO1. The summed E-state index contributed by atoms with van der Waals surface area (Å²) in [5.74, 6) is 0.218. The summed E-state index contributed by atoms with van der Waals surface area (Å²) in [6.07, 6.45) is 4.16. The first-order valence-corrected chi connectivity index (χ1v) is 7.99. The third-order valence-electron chi connectivity index (χ3n) is 4.25. The summed E-state index contributed by atoms with van der Waals surface area (Å²) in [6, 6.07) is 4.05. The Labute approximate surface area is 130 Å². The second kappa shape index (κ2) is 7.07. The quantitative estimate of drug-likeness (QED) is 0.882. The standard InChI is InChI=1S/C16H23N3O3/c1-2-21-16-14(6-3-7-17-16)15(20)18-9-13-10-19-8-4-5-12(19)11-22-13/h3,6-7,12-13H,2,4-5,8-11H2,1H3,(H,18,20). The van der Waals surface area contributed by atoms with E-state index < -0.39 is 0 Å². The molecule has 22 heavy (non-hydrogen) atoms. The van der Waals surface area contributed by atoms with Crippen LogP contribution in [0.2, 0.25) is 0 Å². The molecule has 0 saturated carbocycles. The molecule has 6 nitrogen and oxygen atoms in total. The predicted octanol–water partition coefficient (Wildman–Crippen LogP) is 1.07. The molecule has 0 aliphatic carbocycles. The normalized spacial score (nSPS) is 24.8. The number of carbonyl (C=O) groups is 1. The van der Waals surface area contributed by atoms with Crippen LogP contribution in [0.1, 0.15) is 30.1 Å². The summed E-state index contributed by atoms with van der Waals surface area (Å²) in [5.41, 5.74) is 0.471. The van der Waals surface area contributed by atoms with Gasteiger partial charge in [-0.2, -0.15) is 0 Å². The van der Waals surface area contributed by atoms with Crippen LogP contribution >= 0.6 is 0 Å². The van der Waals surface area contributed by atoms with Crippen molar-refractivity contribution in [1.82, 2.24) is 15.2 Å². The molecule has 0 spiro atoms. The van der Waals surface area contributed by atoms with Gasteiger partial charge < -0.3 is 14.8 Å². The zero-order chi connectivity index (χ0) is 15.4. The van der Waals surface area contributed by atoms with Crippen molar-refractivity contribution in [3.8, 4) is 5.88 Å². The van der Waals surface area contributed by atoms with E-state index in [1.807, 2.05) is 6.92 Å². The van der Waals surface area contributed by atoms with Gasteiger partial charge in [-0.05, 0) is 38.4 Å². The van der Waals surface area contributed by atoms with Crippen molar-refractivity contribution in [2.45, 2.75) is 31.9 Å². The average molecular weight is 305 g/mol. The molecule has 2 aliphatic heterocycles. The van der Waals surface area contributed by atoms with Crippen LogP contribution in [0.3, 0.4) is 0 Å². The van der Waals surface area contributed by atoms with Crippen molar-refractivity contribution in [3.63, 3.8) is 0 Å². The van der Waals surface area contributed by atoms with E-state index in [-0.39, 0.29) is 12.0 Å². The first-order valence-electron chi connectivity index (χ1n) is 7.99. The van der Waals surface area contributed by atoms with Crippen LogP contribution in [-0.2, 0) is 4.74 Å². The maximum Gasteiger partial charge on any atom is 0.256 e. The van der Waals surface area contributed by atoms with Gasteiger partial charge in [0.2, 0.25) is 5.88 Å². The third kappa shape index (κ3) is 3.39. The minimum atomic E-state index is -0.163. The molecule has 0 bridgehead atoms. The minimum Gasteiger partial charge on any atom is -0.477 e. The number of carbonyl (C=O) groups excluding carboxylic acids is 1. The van der Waals surface area contributed by atoms with Crippen LogP contribution in [-0.4, -0.2) is 60.8 Å². The van der Waals surface area contributed by atoms with Crippen LogP contribution < -0.4 is 10.1 Å². The molecule has 6 heteroatoms. The third-order valence-corrected chi connectivity index (χ3v) is 4.25. The van der Waals surface area contributed by atoms with Gasteiger partial charge in [0.05, 0.1) is 19.3 Å². The molecule has 2 atom stereocenters. The van der Waals surface area contributed by atoms with E-state index in [2.05, 4.69) is 15.2 Å². The highest BCUT2D eigenvalue weighted by atomic mass is 16.5. The van der Waals surface area contributed by atoms with Gasteiger partial charge in [-0.15, -0.1) is 0 Å². The first-order chi connectivity index (χ1) is 10.8. The Morgan fingerprint density at radius 2 is 2.50 bits per heavy atom. The summed E-state index contributed by atoms with van der Waals surface area (Å²) in [5, 5.41) is 2.94. The highest BCUT2D eigenvalue weighted by Crippen LogP contribution is 2.22. The Bertz CT molecular complexity index is 523. The first kappa shape index (κ1) is 15.2. The highest BCUT2D eigenvalue weighted by molar-refractivity contribution is 5.96. The molecule has 1 aromatic rings. The molecule has 1 amide bonds. The number of aromatic nitrogens is 1. The molecule has 2 fully saturated rings. The fourth-order valence-corrected chi connectivity index (χ4v) is 3.13. The lowest BCUT2D eigenvalue weighted by molar-refractivity contribution is -0.0462. The molecular formula is C16H23N3O3. The fraction of sp³-hybridized carbons (Fsp3) is 0.625. The molecule has 3 heterocycles. The van der Waals surface area contributed by atoms with Crippen LogP contribution in [0.25, 0.3) is 0 Å². The smallest absolute Gasteiger partial charge is 0.256 e. The number of nitrogens with one attached hydrogen (secondary N) is 1. The Morgan fingerprint density at radius 3 is 3.36 bits per heavy atom. The Morgan fingerprint density at radius 1 is 1.59 bits per heavy atom. The second-order valence-corrected chi connectivity index (χ2v) is 5.75. The van der Waals surface area contributed by atoms with E-state index in [1.54, 1.807) is 18.3 Å². The van der Waals surface area contributed by atoms with E-state index in [1.165, 1.54) is 12.8 Å². The monoisotopic (exact) mass is 305 g/mol. The van der Waals surface area contributed by atoms with E-state index in [0.29, 0.717) is 30.6 Å². The molecule has 2 aliphatic rings. The van der Waals surface area contributed by atoms with Gasteiger partial charge in [0.25, 0.3) is 5.91 Å². The number of nitrogens with zero attached hydrogens (tertiary/aromatic N) is 2. The molecule has 120 valence electrons. The number of ether oxygens (including phenoxy) is 2. The van der Waals surface area contributed by atoms with Crippen LogP contribution in [0, 0.1) is 0 Å². The molecule has 2 saturated heterocycles. The van der Waals surface area contributed by atoms with Crippen molar-refractivity contribution in [3.05, 3.63) is 23.9 Å². The number of rotatable bonds is 5. The van der Waals surface area contributed by atoms with Gasteiger partial charge in [0.1, 0.15) is 5.56 Å². The lowest BCUT2D eigenvalue weighted by Gasteiger charge is -2.35. The fourth-order valence-electron chi connectivity index (χ4n) is 3.13. The molecule has 1 N–H and O–H groups in total. The number of hydrogen-bond acceptors (Lipinski definition) is 5. The Hall–Kier alpha value is -1.66. The van der Waals surface area contributed by atoms with E-state index in [0.717, 1.165) is 19.7 Å². The molecule has 1 aromatic heterocycles. The van der Waals surface area contributed by atoms with Crippen LogP contribution in [0.4, 0.5) is 0 Å². The maximum atomic E-state index is 12.3. The summed E-state index contributed by atoms with van der Waals surface area (Å²) in [4.78, 5) is 18.9. The number of morpholine rings is 1. The molecule has 0 radical (unpaired) electrons. The van der Waals surface area contributed by atoms with E-state index in [9.17, 15) is 4.79 Å². The Balaban J connectivity index is 1.54. The van der Waals surface area contributed by atoms with Crippen LogP contribution in [0.5, 0.6) is 5.88 Å². The maximum absolute atomic E-state index is 12.3. The van der Waals surface area contributed by atoms with Gasteiger partial charge in [-0.3, -0.25) is 9.69 Å². The van der Waals surface area contributed by atoms with Gasteiger partial charge >= 0.3 is 0 Å². The van der Waals surface area contributed by atoms with Crippen molar-refractivity contribution in [1.29, 1.82) is 0 Å². The zero-order valence-electron chi connectivity index (χ0n) is 13.0. The number of fused-ring (bicyclic) bond motifs is 1. The molecular weight excluding hydrogens is 282 g/mol. The summed E-state index contributed by atoms with van der Waals surface area (Å²) < 4.78 is 11.2. The van der Waals surface area contributed by atoms with Gasteiger partial charge in [-0.1, -0.05) is 0 Å². The Kier molecular flexibility index (Phi) is 4.90. The average Bonchev–Trinajstić information content (AvgIpc) is 3.01. The topological polar surface area (TPSA) is 63.7 Å². The minimum absolute atomic E-state index is 0.0607. The summed E-state index contributed by atoms with van der Waals surface area (Å²) in [7, 11) is 0. The lowest BCUT2D eigenvalue weighted by atomic mass is 10.2. The van der Waals surface area contributed by atoms with Crippen molar-refractivity contribution >= 4 is 5.91 Å². The van der Waals surface area contributed by atoms with Crippen molar-refractivity contribution in [2.24, 2.45) is 0 Å². The lowest BCUT2D eigenvalue weighted by Crippen LogP contribution is -2.50. The summed E-state index contributed by atoms with van der Waals surface area (Å²) >= 11 is 0.